The molecule has 5 N–H and O–H groups in total. The zero-order valence-electron chi connectivity index (χ0n) is 10.7. The van der Waals surface area contributed by atoms with E-state index in [1.807, 2.05) is 12.1 Å². The Morgan fingerprint density at radius 1 is 1.11 bits per heavy atom. The van der Waals surface area contributed by atoms with Gasteiger partial charge in [-0.3, -0.25) is 0 Å². The maximum Gasteiger partial charge on any atom is 0.143 e. The molecular weight excluding hydrogens is 271 g/mol. The standard InChI is InChI=1S/C13H20N2O.2ClH/c1-16-11-8-6-10(7-9-11)15-13-5-3-2-4-12(13)14;;/h6-9,12-13,15H,2-5,14H2,1H3;2*1H/t12?,13-;;/m1../s1. The minimum absolute atomic E-state index is 0. The molecule has 0 spiro atoms. The zero-order chi connectivity index (χ0) is 11.4. The number of nitrogens with two attached hydrogens (primary N) is 1. The summed E-state index contributed by atoms with van der Waals surface area (Å²) in [5.41, 5.74) is 5.55. The van der Waals surface area contributed by atoms with E-state index in [0.717, 1.165) is 5.75 Å². The average molecular weight is 293 g/mol. The van der Waals surface area contributed by atoms with Crippen LogP contribution in [0.3, 0.4) is 0 Å². The Morgan fingerprint density at radius 2 is 1.72 bits per heavy atom. The molecule has 0 aromatic heterocycles. The summed E-state index contributed by atoms with van der Waals surface area (Å²) in [5, 5.41) is 2.37. The molecule has 18 heavy (non-hydrogen) atoms. The molecular formula is C13H22Cl2N2O. The Kier molecular flexibility index (Phi) is 8.36. The lowest BCUT2D eigenvalue weighted by Crippen LogP contribution is -3.00. The molecule has 0 saturated heterocycles. The Labute approximate surface area is 121 Å². The van der Waals surface area contributed by atoms with Crippen molar-refractivity contribution in [3.8, 4) is 5.75 Å². The summed E-state index contributed by atoms with van der Waals surface area (Å²) in [4.78, 5) is 0. The molecule has 0 amide bonds. The van der Waals surface area contributed by atoms with Crippen molar-refractivity contribution >= 4 is 5.69 Å². The number of halogens is 2. The summed E-state index contributed by atoms with van der Waals surface area (Å²) >= 11 is 0. The van der Waals surface area contributed by atoms with Crippen molar-refractivity contribution in [3.05, 3.63) is 24.3 Å². The van der Waals surface area contributed by atoms with E-state index in [4.69, 9.17) is 4.74 Å². The van der Waals surface area contributed by atoms with Crippen LogP contribution in [-0.2, 0) is 0 Å². The molecule has 1 fully saturated rings. The number of rotatable bonds is 3. The fraction of sp³-hybridized carbons (Fsp3) is 0.538. The van der Waals surface area contributed by atoms with Gasteiger partial charge < -0.3 is 40.6 Å². The number of quaternary nitrogens is 2. The van der Waals surface area contributed by atoms with Crippen LogP contribution < -0.4 is 40.6 Å². The second-order valence-electron chi connectivity index (χ2n) is 4.65. The van der Waals surface area contributed by atoms with Crippen LogP contribution in [0.15, 0.2) is 24.3 Å². The fourth-order valence-corrected chi connectivity index (χ4v) is 2.42. The fourth-order valence-electron chi connectivity index (χ4n) is 2.42. The number of methoxy groups -OCH3 is 1. The van der Waals surface area contributed by atoms with Crippen LogP contribution in [0, 0.1) is 0 Å². The van der Waals surface area contributed by atoms with Gasteiger partial charge in [-0.25, -0.2) is 0 Å². The largest absolute Gasteiger partial charge is 1.00 e. The third-order valence-corrected chi connectivity index (χ3v) is 3.49. The first-order valence-corrected chi connectivity index (χ1v) is 6.11. The maximum atomic E-state index is 5.15. The minimum atomic E-state index is 0. The van der Waals surface area contributed by atoms with Crippen LogP contribution in [0.2, 0.25) is 0 Å². The first-order valence-electron chi connectivity index (χ1n) is 6.11. The lowest BCUT2D eigenvalue weighted by molar-refractivity contribution is -0.655. The van der Waals surface area contributed by atoms with Crippen molar-refractivity contribution in [2.75, 3.05) is 7.11 Å². The highest BCUT2D eigenvalue weighted by Crippen LogP contribution is 2.16. The molecule has 0 aliphatic heterocycles. The van der Waals surface area contributed by atoms with Crippen LogP contribution in [-0.4, -0.2) is 19.2 Å². The SMILES string of the molecule is COc1ccc([NH2+][C@@H]2CCCCC2[NH3+])cc1.[Cl-].[Cl-]. The topological polar surface area (TPSA) is 53.5 Å². The summed E-state index contributed by atoms with van der Waals surface area (Å²) in [6, 6.07) is 9.54. The molecule has 1 aromatic carbocycles. The molecule has 0 bridgehead atoms. The van der Waals surface area contributed by atoms with E-state index in [1.54, 1.807) is 7.11 Å². The minimum Gasteiger partial charge on any atom is -1.00 e. The van der Waals surface area contributed by atoms with Crippen molar-refractivity contribution in [2.45, 2.75) is 37.8 Å². The van der Waals surface area contributed by atoms with Gasteiger partial charge in [-0.1, -0.05) is 0 Å². The quantitative estimate of drug-likeness (QED) is 0.537. The molecule has 0 radical (unpaired) electrons. The Hall–Kier alpha value is -0.480. The van der Waals surface area contributed by atoms with Crippen molar-refractivity contribution < 1.29 is 40.6 Å². The smallest absolute Gasteiger partial charge is 0.143 e. The molecule has 104 valence electrons. The molecule has 2 rings (SSSR count). The second kappa shape index (κ2) is 8.59. The van der Waals surface area contributed by atoms with Crippen LogP contribution in [0.5, 0.6) is 5.75 Å². The van der Waals surface area contributed by atoms with E-state index in [9.17, 15) is 0 Å². The molecule has 1 aliphatic rings. The number of hydrogen-bond acceptors (Lipinski definition) is 1. The highest BCUT2D eigenvalue weighted by Gasteiger charge is 2.27. The molecule has 5 heteroatoms. The van der Waals surface area contributed by atoms with Crippen LogP contribution in [0.25, 0.3) is 0 Å². The van der Waals surface area contributed by atoms with Crippen molar-refractivity contribution in [2.24, 2.45) is 0 Å². The van der Waals surface area contributed by atoms with Gasteiger partial charge in [0.1, 0.15) is 23.5 Å². The van der Waals surface area contributed by atoms with E-state index in [0.29, 0.717) is 12.1 Å². The number of ether oxygens (including phenoxy) is 1. The predicted molar refractivity (Wildman–Crippen MR) is 63.5 cm³/mol. The first-order chi connectivity index (χ1) is 7.79. The van der Waals surface area contributed by atoms with Gasteiger partial charge in [-0.15, -0.1) is 0 Å². The molecule has 1 aliphatic carbocycles. The van der Waals surface area contributed by atoms with Crippen LogP contribution >= 0.6 is 0 Å². The molecule has 3 nitrogen and oxygen atoms in total. The first kappa shape index (κ1) is 17.5. The van der Waals surface area contributed by atoms with E-state index in [2.05, 4.69) is 23.2 Å². The highest BCUT2D eigenvalue weighted by molar-refractivity contribution is 5.35. The molecule has 1 unspecified atom stereocenters. The Bertz CT molecular complexity index is 332. The Morgan fingerprint density at radius 3 is 2.28 bits per heavy atom. The molecule has 2 atom stereocenters. The van der Waals surface area contributed by atoms with E-state index in [1.165, 1.54) is 31.4 Å². The monoisotopic (exact) mass is 292 g/mol. The normalized spacial score (nSPS) is 22.6. The maximum absolute atomic E-state index is 5.15. The van der Waals surface area contributed by atoms with Gasteiger partial charge in [0.05, 0.1) is 7.11 Å². The summed E-state index contributed by atoms with van der Waals surface area (Å²) in [6.45, 7) is 0. The Balaban J connectivity index is 0.00000144. The van der Waals surface area contributed by atoms with Crippen molar-refractivity contribution in [1.29, 1.82) is 0 Å². The third kappa shape index (κ3) is 4.65. The summed E-state index contributed by atoms with van der Waals surface area (Å²) < 4.78 is 5.15. The summed E-state index contributed by atoms with van der Waals surface area (Å²) in [6.07, 6.45) is 5.27. The summed E-state index contributed by atoms with van der Waals surface area (Å²) in [7, 11) is 1.70. The van der Waals surface area contributed by atoms with Gasteiger partial charge in [0.25, 0.3) is 0 Å². The van der Waals surface area contributed by atoms with Crippen LogP contribution in [0.4, 0.5) is 5.69 Å². The van der Waals surface area contributed by atoms with E-state index >= 15 is 0 Å². The van der Waals surface area contributed by atoms with Gasteiger partial charge in [0.15, 0.2) is 0 Å². The molecule has 0 heterocycles. The van der Waals surface area contributed by atoms with Crippen molar-refractivity contribution in [1.82, 2.24) is 0 Å². The number of hydrogen-bond donors (Lipinski definition) is 2. The number of benzene rings is 1. The second-order valence-corrected chi connectivity index (χ2v) is 4.65. The zero-order valence-corrected chi connectivity index (χ0v) is 12.3. The van der Waals surface area contributed by atoms with Gasteiger partial charge in [0.2, 0.25) is 0 Å². The lowest BCUT2D eigenvalue weighted by Gasteiger charge is -2.23. The molecule has 1 aromatic rings. The molecule has 1 saturated carbocycles. The average Bonchev–Trinajstić information content (AvgIpc) is 2.33. The van der Waals surface area contributed by atoms with E-state index in [-0.39, 0.29) is 24.8 Å². The van der Waals surface area contributed by atoms with E-state index < -0.39 is 0 Å². The van der Waals surface area contributed by atoms with Gasteiger partial charge in [-0.2, -0.15) is 0 Å². The van der Waals surface area contributed by atoms with Crippen LogP contribution in [0.1, 0.15) is 25.7 Å². The predicted octanol–water partition coefficient (Wildman–Crippen LogP) is -5.55. The third-order valence-electron chi connectivity index (χ3n) is 3.49. The van der Waals surface area contributed by atoms with Gasteiger partial charge >= 0.3 is 0 Å². The summed E-state index contributed by atoms with van der Waals surface area (Å²) in [5.74, 6) is 0.923. The highest BCUT2D eigenvalue weighted by atomic mass is 35.5. The van der Waals surface area contributed by atoms with Gasteiger partial charge in [-0.05, 0) is 25.0 Å². The lowest BCUT2D eigenvalue weighted by atomic mass is 9.91. The van der Waals surface area contributed by atoms with Gasteiger partial charge in [0, 0.05) is 25.0 Å². The van der Waals surface area contributed by atoms with Crippen molar-refractivity contribution in [3.63, 3.8) is 0 Å².